The minimum Gasteiger partial charge on any atom is -0.497 e. The molecule has 2 rings (SSSR count). The molecule has 0 aromatic heterocycles. The Hall–Kier alpha value is -2.04. The first-order valence-corrected chi connectivity index (χ1v) is 4.78. The van der Waals surface area contributed by atoms with Crippen molar-refractivity contribution in [2.75, 3.05) is 7.11 Å². The molecule has 0 fully saturated rings. The standard InChI is InChI=1S/C11H12N2O3/c1-11(9(14)13-10(12)16-11)7-4-3-5-8(6-7)15-2/h3-6H,1-2H3,(H2,12,13,14). The summed E-state index contributed by atoms with van der Waals surface area (Å²) in [7, 11) is 1.56. The van der Waals surface area contributed by atoms with Crippen molar-refractivity contribution in [3.8, 4) is 5.75 Å². The maximum Gasteiger partial charge on any atom is 0.298 e. The third-order valence-electron chi connectivity index (χ3n) is 2.55. The molecule has 84 valence electrons. The first-order chi connectivity index (χ1) is 7.56. The summed E-state index contributed by atoms with van der Waals surface area (Å²) in [6.07, 6.45) is 0. The van der Waals surface area contributed by atoms with Crippen LogP contribution in [0.1, 0.15) is 12.5 Å². The molecule has 1 heterocycles. The van der Waals surface area contributed by atoms with Crippen molar-refractivity contribution in [1.82, 2.24) is 0 Å². The molecule has 0 aliphatic carbocycles. The lowest BCUT2D eigenvalue weighted by Gasteiger charge is -2.21. The molecular weight excluding hydrogens is 208 g/mol. The van der Waals surface area contributed by atoms with Crippen LogP contribution in [0, 0.1) is 0 Å². The van der Waals surface area contributed by atoms with E-state index in [1.165, 1.54) is 0 Å². The zero-order valence-electron chi connectivity index (χ0n) is 9.06. The van der Waals surface area contributed by atoms with Gasteiger partial charge in [-0.05, 0) is 19.1 Å². The largest absolute Gasteiger partial charge is 0.497 e. The summed E-state index contributed by atoms with van der Waals surface area (Å²) < 4.78 is 10.4. The summed E-state index contributed by atoms with van der Waals surface area (Å²) in [5.41, 5.74) is 4.91. The molecule has 5 heteroatoms. The number of nitrogens with zero attached hydrogens (tertiary/aromatic N) is 1. The average Bonchev–Trinajstić information content (AvgIpc) is 2.54. The molecule has 0 saturated heterocycles. The van der Waals surface area contributed by atoms with E-state index in [0.717, 1.165) is 0 Å². The highest BCUT2D eigenvalue weighted by Gasteiger charge is 2.43. The third kappa shape index (κ3) is 1.50. The monoisotopic (exact) mass is 220 g/mol. The fourth-order valence-electron chi connectivity index (χ4n) is 1.58. The van der Waals surface area contributed by atoms with Gasteiger partial charge in [0.15, 0.2) is 0 Å². The summed E-state index contributed by atoms with van der Waals surface area (Å²) in [5.74, 6) is 0.249. The molecule has 0 spiro atoms. The molecular formula is C11H12N2O3. The molecule has 5 nitrogen and oxygen atoms in total. The Bertz CT molecular complexity index is 470. The summed E-state index contributed by atoms with van der Waals surface area (Å²) in [6.45, 7) is 1.63. The topological polar surface area (TPSA) is 73.9 Å². The van der Waals surface area contributed by atoms with Gasteiger partial charge in [0, 0.05) is 5.56 Å². The third-order valence-corrected chi connectivity index (χ3v) is 2.55. The van der Waals surface area contributed by atoms with E-state index in [1.807, 2.05) is 0 Å². The molecule has 1 aliphatic rings. The summed E-state index contributed by atoms with van der Waals surface area (Å²) in [5, 5.41) is 0. The number of carbonyl (C=O) groups is 1. The number of amidine groups is 1. The summed E-state index contributed by atoms with van der Waals surface area (Å²) in [4.78, 5) is 15.2. The molecule has 0 bridgehead atoms. The average molecular weight is 220 g/mol. The summed E-state index contributed by atoms with van der Waals surface area (Å²) in [6, 6.07) is 6.97. The number of carbonyl (C=O) groups excluding carboxylic acids is 1. The highest BCUT2D eigenvalue weighted by atomic mass is 16.5. The number of benzene rings is 1. The van der Waals surface area contributed by atoms with E-state index < -0.39 is 11.5 Å². The lowest BCUT2D eigenvalue weighted by atomic mass is 9.95. The fourth-order valence-corrected chi connectivity index (χ4v) is 1.58. The molecule has 2 N–H and O–H groups in total. The van der Waals surface area contributed by atoms with Crippen molar-refractivity contribution >= 4 is 11.9 Å². The summed E-state index contributed by atoms with van der Waals surface area (Å²) >= 11 is 0. The maximum absolute atomic E-state index is 11.7. The van der Waals surface area contributed by atoms with Crippen LogP contribution in [-0.2, 0) is 15.1 Å². The van der Waals surface area contributed by atoms with E-state index in [2.05, 4.69) is 4.99 Å². The van der Waals surface area contributed by atoms with Gasteiger partial charge in [-0.25, -0.2) is 0 Å². The molecule has 16 heavy (non-hydrogen) atoms. The second-order valence-corrected chi connectivity index (χ2v) is 3.62. The van der Waals surface area contributed by atoms with Crippen LogP contribution in [-0.4, -0.2) is 19.0 Å². The molecule has 1 amide bonds. The van der Waals surface area contributed by atoms with Gasteiger partial charge >= 0.3 is 0 Å². The molecule has 1 unspecified atom stereocenters. The zero-order chi connectivity index (χ0) is 11.8. The van der Waals surface area contributed by atoms with Crippen LogP contribution < -0.4 is 10.5 Å². The van der Waals surface area contributed by atoms with Gasteiger partial charge in [0.2, 0.25) is 5.60 Å². The number of nitrogens with two attached hydrogens (primary N) is 1. The lowest BCUT2D eigenvalue weighted by molar-refractivity contribution is -0.130. The van der Waals surface area contributed by atoms with Gasteiger partial charge < -0.3 is 15.2 Å². The molecule has 1 atom stereocenters. The van der Waals surface area contributed by atoms with Crippen molar-refractivity contribution < 1.29 is 14.3 Å². The molecule has 1 aliphatic heterocycles. The van der Waals surface area contributed by atoms with Gasteiger partial charge in [-0.3, -0.25) is 4.79 Å². The van der Waals surface area contributed by atoms with Crippen LogP contribution in [0.4, 0.5) is 0 Å². The Balaban J connectivity index is 2.41. The van der Waals surface area contributed by atoms with E-state index in [1.54, 1.807) is 38.3 Å². The number of ether oxygens (including phenoxy) is 2. The second-order valence-electron chi connectivity index (χ2n) is 3.62. The van der Waals surface area contributed by atoms with Crippen LogP contribution in [0.5, 0.6) is 5.75 Å². The van der Waals surface area contributed by atoms with Crippen molar-refractivity contribution in [1.29, 1.82) is 0 Å². The smallest absolute Gasteiger partial charge is 0.298 e. The number of hydrogen-bond acceptors (Lipinski definition) is 4. The second kappa shape index (κ2) is 3.52. The normalized spacial score (nSPS) is 23.9. The van der Waals surface area contributed by atoms with Crippen LogP contribution in [0.25, 0.3) is 0 Å². The van der Waals surface area contributed by atoms with E-state index in [9.17, 15) is 4.79 Å². The number of aliphatic imine (C=N–C) groups is 1. The number of amides is 1. The highest BCUT2D eigenvalue weighted by molar-refractivity contribution is 6.01. The van der Waals surface area contributed by atoms with Crippen LogP contribution in [0.2, 0.25) is 0 Å². The Labute approximate surface area is 92.9 Å². The molecule has 1 aromatic carbocycles. The number of methoxy groups -OCH3 is 1. The van der Waals surface area contributed by atoms with Crippen LogP contribution >= 0.6 is 0 Å². The fraction of sp³-hybridized carbons (Fsp3) is 0.273. The lowest BCUT2D eigenvalue weighted by Crippen LogP contribution is -2.31. The first kappa shape index (κ1) is 10.5. The number of rotatable bonds is 2. The number of hydrogen-bond donors (Lipinski definition) is 1. The molecule has 0 saturated carbocycles. The van der Waals surface area contributed by atoms with E-state index >= 15 is 0 Å². The Morgan fingerprint density at radius 2 is 2.25 bits per heavy atom. The van der Waals surface area contributed by atoms with Gasteiger partial charge in [0.05, 0.1) is 7.11 Å². The highest BCUT2D eigenvalue weighted by Crippen LogP contribution is 2.32. The predicted molar refractivity (Wildman–Crippen MR) is 58.1 cm³/mol. The van der Waals surface area contributed by atoms with Crippen molar-refractivity contribution in [2.45, 2.75) is 12.5 Å². The Morgan fingerprint density at radius 1 is 1.50 bits per heavy atom. The van der Waals surface area contributed by atoms with Crippen molar-refractivity contribution in [3.63, 3.8) is 0 Å². The first-order valence-electron chi connectivity index (χ1n) is 4.78. The predicted octanol–water partition coefficient (Wildman–Crippen LogP) is 0.782. The quantitative estimate of drug-likeness (QED) is 0.799. The Morgan fingerprint density at radius 3 is 2.81 bits per heavy atom. The van der Waals surface area contributed by atoms with Gasteiger partial charge in [-0.2, -0.15) is 4.99 Å². The molecule has 1 aromatic rings. The van der Waals surface area contributed by atoms with Crippen molar-refractivity contribution in [3.05, 3.63) is 29.8 Å². The van der Waals surface area contributed by atoms with E-state index in [4.69, 9.17) is 15.2 Å². The van der Waals surface area contributed by atoms with Gasteiger partial charge in [-0.1, -0.05) is 12.1 Å². The SMILES string of the molecule is COc1cccc(C2(C)OC(N)=NC2=O)c1. The van der Waals surface area contributed by atoms with Gasteiger partial charge in [0.1, 0.15) is 5.75 Å². The van der Waals surface area contributed by atoms with Gasteiger partial charge in [-0.15, -0.1) is 0 Å². The maximum atomic E-state index is 11.7. The van der Waals surface area contributed by atoms with E-state index in [-0.39, 0.29) is 6.02 Å². The Kier molecular flexibility index (Phi) is 2.30. The van der Waals surface area contributed by atoms with Crippen molar-refractivity contribution in [2.24, 2.45) is 10.7 Å². The molecule has 0 radical (unpaired) electrons. The van der Waals surface area contributed by atoms with Crippen LogP contribution in [0.15, 0.2) is 29.3 Å². The van der Waals surface area contributed by atoms with E-state index in [0.29, 0.717) is 11.3 Å². The van der Waals surface area contributed by atoms with Crippen LogP contribution in [0.3, 0.4) is 0 Å². The minimum atomic E-state index is -1.14. The minimum absolute atomic E-state index is 0.102. The van der Waals surface area contributed by atoms with Gasteiger partial charge in [0.25, 0.3) is 11.9 Å². The zero-order valence-corrected chi connectivity index (χ0v) is 9.06.